The summed E-state index contributed by atoms with van der Waals surface area (Å²) in [6.07, 6.45) is 2.91. The van der Waals surface area contributed by atoms with E-state index in [1.165, 1.54) is 0 Å². The van der Waals surface area contributed by atoms with Gasteiger partial charge in [-0.25, -0.2) is 0 Å². The molecule has 0 amide bonds. The Morgan fingerprint density at radius 2 is 2.12 bits per heavy atom. The molecule has 0 N–H and O–H groups in total. The fourth-order valence-electron chi connectivity index (χ4n) is 1.81. The summed E-state index contributed by atoms with van der Waals surface area (Å²) in [7, 11) is 3.95. The van der Waals surface area contributed by atoms with Crippen LogP contribution in [0.15, 0.2) is 12.3 Å². The number of pyridine rings is 1. The van der Waals surface area contributed by atoms with Gasteiger partial charge in [-0.2, -0.15) is 0 Å². The summed E-state index contributed by atoms with van der Waals surface area (Å²) >= 11 is 6.14. The van der Waals surface area contributed by atoms with E-state index in [2.05, 4.69) is 24.0 Å². The molecule has 0 aliphatic heterocycles. The van der Waals surface area contributed by atoms with Crippen LogP contribution in [-0.2, 0) is 0 Å². The SMILES string of the molecule is CCC(C)c1nnc2c(N(C)C)cc(Cl)cn12. The number of hydrogen-bond donors (Lipinski definition) is 0. The number of fused-ring (bicyclic) bond motifs is 1. The quantitative estimate of drug-likeness (QED) is 0.842. The highest BCUT2D eigenvalue weighted by molar-refractivity contribution is 6.30. The van der Waals surface area contributed by atoms with E-state index in [1.54, 1.807) is 0 Å². The van der Waals surface area contributed by atoms with E-state index in [4.69, 9.17) is 11.6 Å². The van der Waals surface area contributed by atoms with Gasteiger partial charge in [0.1, 0.15) is 5.82 Å². The van der Waals surface area contributed by atoms with Gasteiger partial charge in [0.25, 0.3) is 0 Å². The molecule has 2 heterocycles. The molecule has 0 bridgehead atoms. The molecule has 1 unspecified atom stereocenters. The summed E-state index contributed by atoms with van der Waals surface area (Å²) in [5.41, 5.74) is 1.84. The maximum absolute atomic E-state index is 6.14. The zero-order valence-electron chi connectivity index (χ0n) is 10.6. The van der Waals surface area contributed by atoms with Crippen molar-refractivity contribution >= 4 is 22.9 Å². The topological polar surface area (TPSA) is 33.4 Å². The van der Waals surface area contributed by atoms with E-state index in [-0.39, 0.29) is 0 Å². The normalized spacial score (nSPS) is 13.0. The third kappa shape index (κ3) is 2.09. The number of rotatable bonds is 3. The molecule has 0 saturated carbocycles. The Labute approximate surface area is 106 Å². The van der Waals surface area contributed by atoms with Crippen molar-refractivity contribution in [3.05, 3.63) is 23.1 Å². The molecule has 0 spiro atoms. The minimum absolute atomic E-state index is 0.374. The van der Waals surface area contributed by atoms with Crippen LogP contribution in [0.5, 0.6) is 0 Å². The monoisotopic (exact) mass is 252 g/mol. The Kier molecular flexibility index (Phi) is 3.24. The van der Waals surface area contributed by atoms with Crippen molar-refractivity contribution in [2.45, 2.75) is 26.2 Å². The van der Waals surface area contributed by atoms with E-state index < -0.39 is 0 Å². The maximum Gasteiger partial charge on any atom is 0.184 e. The molecule has 0 radical (unpaired) electrons. The second-order valence-electron chi connectivity index (χ2n) is 4.50. The van der Waals surface area contributed by atoms with Crippen LogP contribution in [0.3, 0.4) is 0 Å². The second-order valence-corrected chi connectivity index (χ2v) is 4.94. The van der Waals surface area contributed by atoms with E-state index in [9.17, 15) is 0 Å². The van der Waals surface area contributed by atoms with Crippen molar-refractivity contribution in [3.63, 3.8) is 0 Å². The van der Waals surface area contributed by atoms with Gasteiger partial charge in [0, 0.05) is 26.2 Å². The molecular formula is C12H17ClN4. The van der Waals surface area contributed by atoms with Crippen molar-refractivity contribution in [1.82, 2.24) is 14.6 Å². The van der Waals surface area contributed by atoms with Gasteiger partial charge in [-0.05, 0) is 12.5 Å². The van der Waals surface area contributed by atoms with Gasteiger partial charge in [-0.15, -0.1) is 10.2 Å². The molecule has 2 aromatic heterocycles. The average Bonchev–Trinajstić information content (AvgIpc) is 2.70. The van der Waals surface area contributed by atoms with Crippen LogP contribution < -0.4 is 4.90 Å². The molecular weight excluding hydrogens is 236 g/mol. The molecule has 4 nitrogen and oxygen atoms in total. The van der Waals surface area contributed by atoms with Crippen LogP contribution in [-0.4, -0.2) is 28.7 Å². The predicted octanol–water partition coefficient (Wildman–Crippen LogP) is 2.96. The number of halogens is 1. The first-order valence-corrected chi connectivity index (χ1v) is 6.14. The summed E-state index contributed by atoms with van der Waals surface area (Å²) in [6, 6.07) is 1.91. The van der Waals surface area contributed by atoms with Gasteiger partial charge in [0.05, 0.1) is 10.7 Å². The fourth-order valence-corrected chi connectivity index (χ4v) is 2.01. The van der Waals surface area contributed by atoms with Crippen LogP contribution in [0.1, 0.15) is 32.0 Å². The van der Waals surface area contributed by atoms with Gasteiger partial charge in [0.2, 0.25) is 0 Å². The molecule has 17 heavy (non-hydrogen) atoms. The summed E-state index contributed by atoms with van der Waals surface area (Å²) in [4.78, 5) is 2.00. The third-order valence-corrected chi connectivity index (χ3v) is 3.22. The first kappa shape index (κ1) is 12.2. The van der Waals surface area contributed by atoms with Gasteiger partial charge in [-0.1, -0.05) is 25.4 Å². The van der Waals surface area contributed by atoms with Crippen molar-refractivity contribution in [2.75, 3.05) is 19.0 Å². The van der Waals surface area contributed by atoms with Gasteiger partial charge < -0.3 is 4.90 Å². The minimum Gasteiger partial charge on any atom is -0.375 e. The summed E-state index contributed by atoms with van der Waals surface area (Å²) in [5.74, 6) is 1.34. The van der Waals surface area contributed by atoms with Crippen LogP contribution in [0, 0.1) is 0 Å². The summed E-state index contributed by atoms with van der Waals surface area (Å²) in [6.45, 7) is 4.29. The van der Waals surface area contributed by atoms with Gasteiger partial charge >= 0.3 is 0 Å². The minimum atomic E-state index is 0.374. The number of nitrogens with zero attached hydrogens (tertiary/aromatic N) is 4. The lowest BCUT2D eigenvalue weighted by Crippen LogP contribution is -2.11. The lowest BCUT2D eigenvalue weighted by molar-refractivity contribution is 0.669. The molecule has 92 valence electrons. The average molecular weight is 253 g/mol. The Balaban J connectivity index is 2.69. The lowest BCUT2D eigenvalue weighted by atomic mass is 10.1. The van der Waals surface area contributed by atoms with Crippen LogP contribution in [0.25, 0.3) is 5.65 Å². The Morgan fingerprint density at radius 1 is 1.41 bits per heavy atom. The predicted molar refractivity (Wildman–Crippen MR) is 71.0 cm³/mol. The molecule has 0 aromatic carbocycles. The zero-order valence-corrected chi connectivity index (χ0v) is 11.4. The standard InChI is InChI=1S/C12H17ClN4/c1-5-8(2)11-14-15-12-10(16(3)4)6-9(13)7-17(11)12/h6-8H,5H2,1-4H3. The maximum atomic E-state index is 6.14. The van der Waals surface area contributed by atoms with Crippen LogP contribution in [0.4, 0.5) is 5.69 Å². The van der Waals surface area contributed by atoms with Crippen molar-refractivity contribution in [1.29, 1.82) is 0 Å². The number of anilines is 1. The van der Waals surface area contributed by atoms with Gasteiger partial charge in [0.15, 0.2) is 5.65 Å². The van der Waals surface area contributed by atoms with Gasteiger partial charge in [-0.3, -0.25) is 4.40 Å². The Morgan fingerprint density at radius 3 is 2.71 bits per heavy atom. The molecule has 1 atom stereocenters. The van der Waals surface area contributed by atoms with Crippen LogP contribution >= 0.6 is 11.6 Å². The molecule has 0 fully saturated rings. The third-order valence-electron chi connectivity index (χ3n) is 3.01. The largest absolute Gasteiger partial charge is 0.375 e. The first-order valence-electron chi connectivity index (χ1n) is 5.76. The smallest absolute Gasteiger partial charge is 0.184 e. The molecule has 2 aromatic rings. The number of aromatic nitrogens is 3. The van der Waals surface area contributed by atoms with Crippen LogP contribution in [0.2, 0.25) is 5.02 Å². The van der Waals surface area contributed by atoms with E-state index in [0.717, 1.165) is 23.6 Å². The highest BCUT2D eigenvalue weighted by Crippen LogP contribution is 2.26. The highest BCUT2D eigenvalue weighted by Gasteiger charge is 2.15. The number of hydrogen-bond acceptors (Lipinski definition) is 3. The van der Waals surface area contributed by atoms with Crippen molar-refractivity contribution < 1.29 is 0 Å². The zero-order chi connectivity index (χ0) is 12.6. The Bertz CT molecular complexity index is 533. The Hall–Kier alpha value is -1.29. The fraction of sp³-hybridized carbons (Fsp3) is 0.500. The van der Waals surface area contributed by atoms with Crippen molar-refractivity contribution in [2.24, 2.45) is 0 Å². The van der Waals surface area contributed by atoms with E-state index >= 15 is 0 Å². The van der Waals surface area contributed by atoms with E-state index in [1.807, 2.05) is 35.7 Å². The summed E-state index contributed by atoms with van der Waals surface area (Å²) in [5, 5.41) is 9.24. The highest BCUT2D eigenvalue weighted by atomic mass is 35.5. The molecule has 2 rings (SSSR count). The molecule has 0 aliphatic rings. The molecule has 0 saturated heterocycles. The lowest BCUT2D eigenvalue weighted by Gasteiger charge is -2.14. The molecule has 0 aliphatic carbocycles. The summed E-state index contributed by atoms with van der Waals surface area (Å²) < 4.78 is 1.99. The first-order chi connectivity index (χ1) is 8.04. The second kappa shape index (κ2) is 4.53. The van der Waals surface area contributed by atoms with Crippen molar-refractivity contribution in [3.8, 4) is 0 Å². The van der Waals surface area contributed by atoms with E-state index in [0.29, 0.717) is 10.9 Å². The molecule has 5 heteroatoms.